The van der Waals surface area contributed by atoms with Gasteiger partial charge in [0.25, 0.3) is 0 Å². The Morgan fingerprint density at radius 1 is 1.14 bits per heavy atom. The first-order valence-electron chi connectivity index (χ1n) is 6.44. The standard InChI is InChI=1S/C6H9NOS.C5H6O.C4H4N2/c1-5-6(2-3-8)9-4-7-5;1-5-3-2-4-6-5;1-2-6-4-3-5-1/h4,8H,2-3H2,1H3;2-4H,1H3;1-4H. The van der Waals surface area contributed by atoms with E-state index in [-0.39, 0.29) is 6.61 Å². The molecule has 21 heavy (non-hydrogen) atoms. The quantitative estimate of drug-likeness (QED) is 0.788. The van der Waals surface area contributed by atoms with E-state index in [0.29, 0.717) is 0 Å². The number of aromatic nitrogens is 3. The van der Waals surface area contributed by atoms with Gasteiger partial charge in [0.05, 0.1) is 17.5 Å². The molecule has 0 unspecified atom stereocenters. The molecule has 3 aromatic heterocycles. The van der Waals surface area contributed by atoms with Crippen LogP contribution >= 0.6 is 11.3 Å². The van der Waals surface area contributed by atoms with E-state index in [2.05, 4.69) is 15.0 Å². The van der Waals surface area contributed by atoms with Crippen LogP contribution in [0.3, 0.4) is 0 Å². The monoisotopic (exact) mass is 305 g/mol. The molecule has 0 saturated heterocycles. The van der Waals surface area contributed by atoms with Crippen molar-refractivity contribution in [2.75, 3.05) is 6.61 Å². The molecule has 0 spiro atoms. The number of rotatable bonds is 2. The van der Waals surface area contributed by atoms with E-state index in [4.69, 9.17) is 9.52 Å². The zero-order chi connectivity index (χ0) is 15.3. The van der Waals surface area contributed by atoms with Gasteiger partial charge < -0.3 is 9.52 Å². The molecular weight excluding hydrogens is 286 g/mol. The molecule has 0 fully saturated rings. The molecule has 0 bridgehead atoms. The van der Waals surface area contributed by atoms with E-state index < -0.39 is 0 Å². The van der Waals surface area contributed by atoms with Gasteiger partial charge in [0, 0.05) is 42.7 Å². The lowest BCUT2D eigenvalue weighted by molar-refractivity contribution is 0.300. The van der Waals surface area contributed by atoms with Crippen molar-refractivity contribution in [3.8, 4) is 0 Å². The summed E-state index contributed by atoms with van der Waals surface area (Å²) < 4.78 is 4.83. The zero-order valence-electron chi connectivity index (χ0n) is 12.1. The smallest absolute Gasteiger partial charge is 0.100 e. The summed E-state index contributed by atoms with van der Waals surface area (Å²) in [6.07, 6.45) is 8.96. The molecule has 1 N–H and O–H groups in total. The molecule has 0 atom stereocenters. The second-order valence-corrected chi connectivity index (χ2v) is 4.89. The van der Waals surface area contributed by atoms with Gasteiger partial charge in [0.2, 0.25) is 0 Å². The molecule has 0 aliphatic rings. The van der Waals surface area contributed by atoms with E-state index in [1.165, 1.54) is 4.88 Å². The highest BCUT2D eigenvalue weighted by atomic mass is 32.1. The van der Waals surface area contributed by atoms with E-state index in [1.807, 2.05) is 26.0 Å². The van der Waals surface area contributed by atoms with Crippen LogP contribution < -0.4 is 0 Å². The summed E-state index contributed by atoms with van der Waals surface area (Å²) in [5.41, 5.74) is 2.86. The van der Waals surface area contributed by atoms with Crippen LogP contribution in [-0.4, -0.2) is 26.7 Å². The fourth-order valence-corrected chi connectivity index (χ4v) is 2.05. The van der Waals surface area contributed by atoms with Gasteiger partial charge in [-0.3, -0.25) is 9.97 Å². The van der Waals surface area contributed by atoms with Crippen molar-refractivity contribution in [1.29, 1.82) is 0 Å². The van der Waals surface area contributed by atoms with Gasteiger partial charge in [0.15, 0.2) is 0 Å². The van der Waals surface area contributed by atoms with Crippen LogP contribution in [0.4, 0.5) is 0 Å². The van der Waals surface area contributed by atoms with Crippen molar-refractivity contribution in [3.05, 3.63) is 65.0 Å². The van der Waals surface area contributed by atoms with Gasteiger partial charge in [-0.05, 0) is 26.0 Å². The summed E-state index contributed by atoms with van der Waals surface area (Å²) in [6, 6.07) is 3.79. The minimum absolute atomic E-state index is 0.225. The summed E-state index contributed by atoms with van der Waals surface area (Å²) >= 11 is 1.60. The average molecular weight is 305 g/mol. The average Bonchev–Trinajstić information content (AvgIpc) is 3.15. The molecule has 112 valence electrons. The Labute approximate surface area is 128 Å². The number of hydrogen-bond donors (Lipinski definition) is 1. The van der Waals surface area contributed by atoms with Crippen LogP contribution in [0.2, 0.25) is 0 Å². The molecule has 5 nitrogen and oxygen atoms in total. The Morgan fingerprint density at radius 2 is 1.81 bits per heavy atom. The lowest BCUT2D eigenvalue weighted by atomic mass is 10.3. The maximum absolute atomic E-state index is 8.54. The molecule has 0 aliphatic carbocycles. The first-order chi connectivity index (χ1) is 10.2. The Balaban J connectivity index is 0.000000163. The van der Waals surface area contributed by atoms with Crippen LogP contribution in [0.5, 0.6) is 0 Å². The molecule has 0 radical (unpaired) electrons. The first kappa shape index (κ1) is 17.0. The van der Waals surface area contributed by atoms with Crippen LogP contribution in [0, 0.1) is 13.8 Å². The van der Waals surface area contributed by atoms with Crippen molar-refractivity contribution in [3.63, 3.8) is 0 Å². The predicted molar refractivity (Wildman–Crippen MR) is 83.1 cm³/mol. The van der Waals surface area contributed by atoms with Crippen molar-refractivity contribution < 1.29 is 9.52 Å². The van der Waals surface area contributed by atoms with Crippen LogP contribution in [0.15, 0.2) is 53.1 Å². The molecule has 3 aromatic rings. The lowest BCUT2D eigenvalue weighted by Gasteiger charge is -1.90. The minimum atomic E-state index is 0.225. The van der Waals surface area contributed by atoms with E-state index >= 15 is 0 Å². The van der Waals surface area contributed by atoms with E-state index in [9.17, 15) is 0 Å². The third kappa shape index (κ3) is 7.96. The molecule has 0 aliphatic heterocycles. The SMILES string of the molecule is Cc1ccco1.Cc1ncsc1CCO.c1cnccn1. The summed E-state index contributed by atoms with van der Waals surface area (Å²) in [5.74, 6) is 0.968. The van der Waals surface area contributed by atoms with E-state index in [1.54, 1.807) is 47.9 Å². The van der Waals surface area contributed by atoms with Crippen molar-refractivity contribution in [1.82, 2.24) is 15.0 Å². The zero-order valence-corrected chi connectivity index (χ0v) is 13.0. The second-order valence-electron chi connectivity index (χ2n) is 3.95. The van der Waals surface area contributed by atoms with Gasteiger partial charge in [-0.25, -0.2) is 4.98 Å². The molecular formula is C15H19N3O2S. The highest BCUT2D eigenvalue weighted by Gasteiger charge is 1.97. The largest absolute Gasteiger partial charge is 0.470 e. The molecule has 3 rings (SSSR count). The number of thiazole rings is 1. The highest BCUT2D eigenvalue weighted by molar-refractivity contribution is 7.09. The number of aryl methyl sites for hydroxylation is 2. The molecule has 3 heterocycles. The van der Waals surface area contributed by atoms with Crippen molar-refractivity contribution >= 4 is 11.3 Å². The number of aliphatic hydroxyl groups is 1. The van der Waals surface area contributed by atoms with Gasteiger partial charge in [-0.1, -0.05) is 0 Å². The Kier molecular flexibility index (Phi) is 8.67. The normalized spacial score (nSPS) is 9.10. The predicted octanol–water partition coefficient (Wildman–Crippen LogP) is 3.05. The summed E-state index contributed by atoms with van der Waals surface area (Å²) in [5, 5.41) is 8.54. The van der Waals surface area contributed by atoms with Crippen molar-refractivity contribution in [2.24, 2.45) is 0 Å². The fraction of sp³-hybridized carbons (Fsp3) is 0.267. The molecule has 6 heteroatoms. The third-order valence-electron chi connectivity index (χ3n) is 2.32. The number of nitrogens with zero attached hydrogens (tertiary/aromatic N) is 3. The fourth-order valence-electron chi connectivity index (χ4n) is 1.28. The Bertz CT molecular complexity index is 541. The van der Waals surface area contributed by atoms with Gasteiger partial charge >= 0.3 is 0 Å². The highest BCUT2D eigenvalue weighted by Crippen LogP contribution is 2.11. The van der Waals surface area contributed by atoms with Crippen molar-refractivity contribution in [2.45, 2.75) is 20.3 Å². The van der Waals surface area contributed by atoms with Crippen LogP contribution in [0.25, 0.3) is 0 Å². The Morgan fingerprint density at radius 3 is 2.10 bits per heavy atom. The summed E-state index contributed by atoms with van der Waals surface area (Å²) in [7, 11) is 0. The number of hydrogen-bond acceptors (Lipinski definition) is 6. The van der Waals surface area contributed by atoms with Crippen LogP contribution in [0.1, 0.15) is 16.3 Å². The number of aliphatic hydroxyl groups excluding tert-OH is 1. The Hall–Kier alpha value is -2.05. The molecule has 0 amide bonds. The van der Waals surface area contributed by atoms with Gasteiger partial charge in [-0.2, -0.15) is 0 Å². The minimum Gasteiger partial charge on any atom is -0.470 e. The van der Waals surface area contributed by atoms with Crippen LogP contribution in [-0.2, 0) is 6.42 Å². The van der Waals surface area contributed by atoms with E-state index in [0.717, 1.165) is 17.9 Å². The third-order valence-corrected chi connectivity index (χ3v) is 3.32. The maximum atomic E-state index is 8.54. The first-order valence-corrected chi connectivity index (χ1v) is 7.32. The van der Waals surface area contributed by atoms with Gasteiger partial charge in [0.1, 0.15) is 5.76 Å². The second kappa shape index (κ2) is 10.7. The number of furan rings is 1. The van der Waals surface area contributed by atoms with Gasteiger partial charge in [-0.15, -0.1) is 11.3 Å². The maximum Gasteiger partial charge on any atom is 0.100 e. The molecule has 0 saturated carbocycles. The lowest BCUT2D eigenvalue weighted by Crippen LogP contribution is -1.88. The summed E-state index contributed by atoms with van der Waals surface area (Å²) in [4.78, 5) is 12.7. The topological polar surface area (TPSA) is 72.0 Å². The summed E-state index contributed by atoms with van der Waals surface area (Å²) in [6.45, 7) is 4.10. The molecule has 0 aromatic carbocycles.